The molecular weight excluding hydrogens is 495 g/mol. The van der Waals surface area contributed by atoms with E-state index in [1.165, 1.54) is 11.3 Å². The molecule has 0 bridgehead atoms. The minimum atomic E-state index is -1.50. The van der Waals surface area contributed by atoms with Gasteiger partial charge in [0.2, 0.25) is 17.7 Å². The van der Waals surface area contributed by atoms with Crippen LogP contribution in [0.4, 0.5) is 0 Å². The number of amides is 3. The van der Waals surface area contributed by atoms with Crippen LogP contribution in [0.15, 0.2) is 48.5 Å². The van der Waals surface area contributed by atoms with E-state index in [9.17, 15) is 14.4 Å². The number of aromatic nitrogens is 1. The maximum atomic E-state index is 13.1. The fourth-order valence-electron chi connectivity index (χ4n) is 3.84. The molecule has 3 rings (SSSR count). The Labute approximate surface area is 212 Å². The summed E-state index contributed by atoms with van der Waals surface area (Å²) in [5.74, 6) is -2.20. The fraction of sp³-hybridized carbons (Fsp3) is 0.333. The first-order valence-corrected chi connectivity index (χ1v) is 12.5. The van der Waals surface area contributed by atoms with Crippen molar-refractivity contribution >= 4 is 62.5 Å². The van der Waals surface area contributed by atoms with Gasteiger partial charge in [0, 0.05) is 30.3 Å². The van der Waals surface area contributed by atoms with Crippen LogP contribution in [0.2, 0.25) is 5.02 Å². The topological polar surface area (TPSA) is 114 Å². The van der Waals surface area contributed by atoms with E-state index in [-0.39, 0.29) is 37.1 Å². The number of thiazole rings is 1. The zero-order valence-corrected chi connectivity index (χ0v) is 21.0. The first-order chi connectivity index (χ1) is 16.3. The lowest BCUT2D eigenvalue weighted by atomic mass is 9.76. The zero-order chi connectivity index (χ0) is 24.7. The Balaban J connectivity index is 2.07. The molecule has 1 aromatic heterocycles. The molecule has 1 heterocycles. The van der Waals surface area contributed by atoms with E-state index in [4.69, 9.17) is 28.9 Å². The predicted molar refractivity (Wildman–Crippen MR) is 136 cm³/mol. The van der Waals surface area contributed by atoms with Crippen molar-refractivity contribution in [3.63, 3.8) is 0 Å². The Morgan fingerprint density at radius 2 is 1.88 bits per heavy atom. The van der Waals surface area contributed by atoms with Gasteiger partial charge in [-0.2, -0.15) is 0 Å². The number of nitrogens with zero attached hydrogens (tertiary/aromatic N) is 1. The zero-order valence-electron chi connectivity index (χ0n) is 18.6. The maximum Gasteiger partial charge on any atom is 0.243 e. The van der Waals surface area contributed by atoms with E-state index >= 15 is 0 Å². The molecule has 0 fully saturated rings. The molecule has 0 spiro atoms. The number of primary amides is 1. The average Bonchev–Trinajstić information content (AvgIpc) is 3.22. The number of nitrogens with one attached hydrogen (secondary N) is 2. The van der Waals surface area contributed by atoms with Gasteiger partial charge in [0.05, 0.1) is 15.2 Å². The predicted octanol–water partition coefficient (Wildman–Crippen LogP) is 3.46. The van der Waals surface area contributed by atoms with Crippen LogP contribution in [0.5, 0.6) is 0 Å². The smallest absolute Gasteiger partial charge is 0.243 e. The summed E-state index contributed by atoms with van der Waals surface area (Å²) in [4.78, 5) is 42.4. The molecule has 180 valence electrons. The minimum absolute atomic E-state index is 0.0687. The summed E-state index contributed by atoms with van der Waals surface area (Å²) in [6, 6.07) is 14.9. The molecule has 7 nitrogen and oxygen atoms in total. The molecule has 4 N–H and O–H groups in total. The molecule has 0 saturated heterocycles. The number of benzene rings is 2. The Morgan fingerprint density at radius 3 is 2.53 bits per heavy atom. The van der Waals surface area contributed by atoms with Crippen LogP contribution in [0, 0.1) is 5.92 Å². The van der Waals surface area contributed by atoms with Crippen LogP contribution >= 0.6 is 34.5 Å². The van der Waals surface area contributed by atoms with Gasteiger partial charge >= 0.3 is 0 Å². The van der Waals surface area contributed by atoms with Gasteiger partial charge in [-0.15, -0.1) is 22.9 Å². The summed E-state index contributed by atoms with van der Waals surface area (Å²) in [6.45, 7) is 1.78. The molecular formula is C24H26Cl2N4O3S. The Bertz CT molecular complexity index is 1170. The molecule has 10 heteroatoms. The van der Waals surface area contributed by atoms with Crippen molar-refractivity contribution in [1.29, 1.82) is 0 Å². The number of fused-ring (bicyclic) bond motifs is 1. The standard InChI is InChI=1S/C24H26Cl2N4O3S/c1-2-20(31)30-24(23(27)33,12-22-29-18-9-8-17(26)11-19(18)34-22)16(14-28-21(32)13-25)10-15-6-4-3-5-7-15/h3-9,11,16H,2,10,12-14H2,1H3,(H2,27,33)(H,28,32)(H,30,31)/t16-,24?/m0/s1. The van der Waals surface area contributed by atoms with Gasteiger partial charge in [0.25, 0.3) is 0 Å². The van der Waals surface area contributed by atoms with Crippen molar-refractivity contribution in [1.82, 2.24) is 15.6 Å². The third-order valence-electron chi connectivity index (χ3n) is 5.64. The highest BCUT2D eigenvalue weighted by atomic mass is 35.5. The quantitative estimate of drug-likeness (QED) is 0.336. The minimum Gasteiger partial charge on any atom is -0.368 e. The van der Waals surface area contributed by atoms with Crippen LogP contribution in [0.3, 0.4) is 0 Å². The second-order valence-electron chi connectivity index (χ2n) is 7.96. The Morgan fingerprint density at radius 1 is 1.15 bits per heavy atom. The van der Waals surface area contributed by atoms with E-state index in [0.717, 1.165) is 15.8 Å². The Hall–Kier alpha value is -2.68. The number of hydrogen-bond donors (Lipinski definition) is 3. The van der Waals surface area contributed by atoms with Crippen molar-refractivity contribution in [3.8, 4) is 0 Å². The number of carbonyl (C=O) groups is 3. The van der Waals surface area contributed by atoms with E-state index in [1.54, 1.807) is 25.1 Å². The number of hydrogen-bond acceptors (Lipinski definition) is 5. The first-order valence-electron chi connectivity index (χ1n) is 10.8. The van der Waals surface area contributed by atoms with Crippen LogP contribution in [-0.2, 0) is 27.2 Å². The lowest BCUT2D eigenvalue weighted by Crippen LogP contribution is -2.65. The van der Waals surface area contributed by atoms with E-state index in [1.807, 2.05) is 30.3 Å². The van der Waals surface area contributed by atoms with Gasteiger partial charge in [0.15, 0.2) is 0 Å². The van der Waals surface area contributed by atoms with Gasteiger partial charge in [-0.25, -0.2) is 4.98 Å². The van der Waals surface area contributed by atoms with Crippen molar-refractivity contribution < 1.29 is 14.4 Å². The van der Waals surface area contributed by atoms with Crippen LogP contribution in [-0.4, -0.2) is 40.7 Å². The summed E-state index contributed by atoms with van der Waals surface area (Å²) < 4.78 is 0.859. The number of alkyl halides is 1. The normalized spacial score (nSPS) is 13.7. The number of halogens is 2. The lowest BCUT2D eigenvalue weighted by Gasteiger charge is -2.39. The Kier molecular flexibility index (Phi) is 8.88. The van der Waals surface area contributed by atoms with Gasteiger partial charge < -0.3 is 16.4 Å². The fourth-order valence-corrected chi connectivity index (χ4v) is 5.27. The summed E-state index contributed by atoms with van der Waals surface area (Å²) >= 11 is 13.2. The van der Waals surface area contributed by atoms with Gasteiger partial charge in [-0.1, -0.05) is 48.9 Å². The van der Waals surface area contributed by atoms with Gasteiger partial charge in [0.1, 0.15) is 11.4 Å². The average molecular weight is 521 g/mol. The molecule has 0 aliphatic rings. The van der Waals surface area contributed by atoms with Crippen molar-refractivity contribution in [3.05, 3.63) is 64.1 Å². The molecule has 0 aliphatic heterocycles. The van der Waals surface area contributed by atoms with E-state index in [0.29, 0.717) is 16.5 Å². The number of rotatable bonds is 11. The molecule has 0 aliphatic carbocycles. The summed E-state index contributed by atoms with van der Waals surface area (Å²) in [6.07, 6.45) is 0.614. The summed E-state index contributed by atoms with van der Waals surface area (Å²) in [7, 11) is 0. The molecule has 3 aromatic rings. The lowest BCUT2D eigenvalue weighted by molar-refractivity contribution is -0.134. The number of nitrogens with two attached hydrogens (primary N) is 1. The molecule has 0 radical (unpaired) electrons. The third-order valence-corrected chi connectivity index (χ3v) is 7.13. The van der Waals surface area contributed by atoms with Crippen molar-refractivity contribution in [2.24, 2.45) is 11.7 Å². The highest BCUT2D eigenvalue weighted by Crippen LogP contribution is 2.32. The molecule has 34 heavy (non-hydrogen) atoms. The second-order valence-corrected chi connectivity index (χ2v) is 9.78. The van der Waals surface area contributed by atoms with Crippen molar-refractivity contribution in [2.75, 3.05) is 12.4 Å². The highest BCUT2D eigenvalue weighted by molar-refractivity contribution is 7.18. The summed E-state index contributed by atoms with van der Waals surface area (Å²) in [5.41, 5.74) is 6.16. The largest absolute Gasteiger partial charge is 0.368 e. The van der Waals surface area contributed by atoms with Crippen LogP contribution in [0.25, 0.3) is 10.2 Å². The van der Waals surface area contributed by atoms with Gasteiger partial charge in [-0.3, -0.25) is 14.4 Å². The van der Waals surface area contributed by atoms with Crippen LogP contribution in [0.1, 0.15) is 23.9 Å². The van der Waals surface area contributed by atoms with E-state index < -0.39 is 17.4 Å². The molecule has 1 unspecified atom stereocenters. The van der Waals surface area contributed by atoms with Crippen molar-refractivity contribution in [2.45, 2.75) is 31.7 Å². The summed E-state index contributed by atoms with van der Waals surface area (Å²) in [5, 5.41) is 6.85. The molecule has 2 aromatic carbocycles. The third kappa shape index (κ3) is 6.25. The molecule has 2 atom stereocenters. The molecule has 3 amide bonds. The molecule has 0 saturated carbocycles. The maximum absolute atomic E-state index is 13.1. The van der Waals surface area contributed by atoms with Crippen LogP contribution < -0.4 is 16.4 Å². The number of carbonyl (C=O) groups excluding carboxylic acids is 3. The van der Waals surface area contributed by atoms with E-state index in [2.05, 4.69) is 15.6 Å². The highest BCUT2D eigenvalue weighted by Gasteiger charge is 2.46. The SMILES string of the molecule is CCC(=O)NC(Cc1nc2ccc(Cl)cc2s1)(C(N)=O)[C@H](CNC(=O)CCl)Cc1ccccc1. The van der Waals surface area contributed by atoms with Gasteiger partial charge in [-0.05, 0) is 30.2 Å². The first kappa shape index (κ1) is 25.9. The monoisotopic (exact) mass is 520 g/mol. The second kappa shape index (κ2) is 11.6.